The smallest absolute Gasteiger partial charge is 0.242 e. The van der Waals surface area contributed by atoms with E-state index < -0.39 is 0 Å². The molecule has 2 aromatic rings. The van der Waals surface area contributed by atoms with Crippen molar-refractivity contribution in [3.63, 3.8) is 0 Å². The maximum absolute atomic E-state index is 13.0. The zero-order valence-electron chi connectivity index (χ0n) is 18.6. The van der Waals surface area contributed by atoms with Crippen molar-refractivity contribution in [1.29, 1.82) is 0 Å². The first-order chi connectivity index (χ1) is 15.2. The van der Waals surface area contributed by atoms with E-state index in [1.165, 1.54) is 28.7 Å². The number of fused-ring (bicyclic) bond motifs is 3. The van der Waals surface area contributed by atoms with Crippen LogP contribution < -0.4 is 4.90 Å². The van der Waals surface area contributed by atoms with Gasteiger partial charge in [-0.2, -0.15) is 0 Å². The predicted molar refractivity (Wildman–Crippen MR) is 124 cm³/mol. The molecule has 0 aromatic carbocycles. The van der Waals surface area contributed by atoms with Gasteiger partial charge in [0.25, 0.3) is 0 Å². The Morgan fingerprint density at radius 1 is 1.03 bits per heavy atom. The molecule has 8 heteroatoms. The second-order valence-electron chi connectivity index (χ2n) is 8.90. The fourth-order valence-corrected chi connectivity index (χ4v) is 6.32. The van der Waals surface area contributed by atoms with E-state index in [1.807, 2.05) is 16.2 Å². The van der Waals surface area contributed by atoms with E-state index in [4.69, 9.17) is 14.7 Å². The SMILES string of the molecule is CCCN1CCCN(c2nc(CN3CCOCC3)nc3sc4c(c23)CCCC4)CC1=O. The second kappa shape index (κ2) is 9.38. The first-order valence-corrected chi connectivity index (χ1v) is 12.7. The van der Waals surface area contributed by atoms with Crippen molar-refractivity contribution in [2.45, 2.75) is 52.0 Å². The van der Waals surface area contributed by atoms with E-state index in [0.29, 0.717) is 6.54 Å². The molecule has 3 aliphatic rings. The van der Waals surface area contributed by atoms with E-state index in [9.17, 15) is 4.79 Å². The Balaban J connectivity index is 1.52. The zero-order valence-corrected chi connectivity index (χ0v) is 19.4. The molecule has 4 heterocycles. The van der Waals surface area contributed by atoms with Gasteiger partial charge >= 0.3 is 0 Å². The Morgan fingerprint density at radius 2 is 1.87 bits per heavy atom. The number of ether oxygens (including phenoxy) is 1. The molecule has 0 bridgehead atoms. The fraction of sp³-hybridized carbons (Fsp3) is 0.696. The van der Waals surface area contributed by atoms with Crippen molar-refractivity contribution in [2.24, 2.45) is 0 Å². The van der Waals surface area contributed by atoms with Gasteiger partial charge in [0, 0.05) is 37.6 Å². The van der Waals surface area contributed by atoms with Crippen LogP contribution in [0.1, 0.15) is 48.9 Å². The number of morpholine rings is 1. The van der Waals surface area contributed by atoms with Crippen molar-refractivity contribution in [1.82, 2.24) is 19.8 Å². The summed E-state index contributed by atoms with van der Waals surface area (Å²) in [6.45, 7) is 9.28. The van der Waals surface area contributed by atoms with Crippen molar-refractivity contribution >= 4 is 33.3 Å². The lowest BCUT2D eigenvalue weighted by Crippen LogP contribution is -2.38. The molecule has 0 atom stereocenters. The zero-order chi connectivity index (χ0) is 21.2. The van der Waals surface area contributed by atoms with Crippen LogP contribution in [0, 0.1) is 0 Å². The highest BCUT2D eigenvalue weighted by atomic mass is 32.1. The van der Waals surface area contributed by atoms with Gasteiger partial charge < -0.3 is 14.5 Å². The van der Waals surface area contributed by atoms with Gasteiger partial charge in [0.2, 0.25) is 5.91 Å². The van der Waals surface area contributed by atoms with Crippen molar-refractivity contribution < 1.29 is 9.53 Å². The molecule has 2 aliphatic heterocycles. The van der Waals surface area contributed by atoms with Crippen LogP contribution in [0.3, 0.4) is 0 Å². The Hall–Kier alpha value is -1.77. The summed E-state index contributed by atoms with van der Waals surface area (Å²) in [5.74, 6) is 2.11. The third-order valence-corrected chi connectivity index (χ3v) is 7.82. The van der Waals surface area contributed by atoms with E-state index in [-0.39, 0.29) is 5.91 Å². The molecule has 2 fully saturated rings. The molecule has 0 unspecified atom stereocenters. The molecule has 31 heavy (non-hydrogen) atoms. The van der Waals surface area contributed by atoms with Gasteiger partial charge in [-0.1, -0.05) is 6.92 Å². The molecular weight excluding hydrogens is 410 g/mol. The molecule has 0 radical (unpaired) electrons. The van der Waals surface area contributed by atoms with Gasteiger partial charge in [-0.3, -0.25) is 9.69 Å². The lowest BCUT2D eigenvalue weighted by atomic mass is 9.97. The monoisotopic (exact) mass is 443 g/mol. The number of amides is 1. The van der Waals surface area contributed by atoms with Gasteiger partial charge in [0.1, 0.15) is 16.5 Å². The van der Waals surface area contributed by atoms with Crippen molar-refractivity contribution in [3.05, 3.63) is 16.3 Å². The average Bonchev–Trinajstić information content (AvgIpc) is 3.06. The molecule has 1 aliphatic carbocycles. The Kier molecular flexibility index (Phi) is 6.39. The summed E-state index contributed by atoms with van der Waals surface area (Å²) in [6, 6.07) is 0. The molecule has 168 valence electrons. The second-order valence-corrected chi connectivity index (χ2v) is 9.98. The minimum atomic E-state index is 0.227. The van der Waals surface area contributed by atoms with E-state index in [1.54, 1.807) is 0 Å². The van der Waals surface area contributed by atoms with E-state index >= 15 is 0 Å². The topological polar surface area (TPSA) is 61.8 Å². The number of aryl methyl sites for hydroxylation is 2. The van der Waals surface area contributed by atoms with E-state index in [0.717, 1.165) is 94.6 Å². The van der Waals surface area contributed by atoms with Crippen LogP contribution in [0.15, 0.2) is 0 Å². The summed E-state index contributed by atoms with van der Waals surface area (Å²) in [5, 5.41) is 1.22. The number of carbonyl (C=O) groups is 1. The largest absolute Gasteiger partial charge is 0.379 e. The number of aromatic nitrogens is 2. The first-order valence-electron chi connectivity index (χ1n) is 11.9. The highest BCUT2D eigenvalue weighted by Gasteiger charge is 2.28. The number of nitrogens with zero attached hydrogens (tertiary/aromatic N) is 5. The van der Waals surface area contributed by atoms with Crippen LogP contribution in [-0.4, -0.2) is 78.2 Å². The van der Waals surface area contributed by atoms with Crippen LogP contribution in [0.2, 0.25) is 0 Å². The normalized spacial score (nSPS) is 20.9. The van der Waals surface area contributed by atoms with Gasteiger partial charge in [-0.15, -0.1) is 11.3 Å². The molecule has 0 saturated carbocycles. The standard InChI is InChI=1S/C23H33N5O2S/c1-2-8-27-9-5-10-28(16-20(27)29)22-21-17-6-3-4-7-18(17)31-23(21)25-19(24-22)15-26-11-13-30-14-12-26/h2-16H2,1H3. The molecule has 1 amide bonds. The first kappa shape index (κ1) is 21.1. The summed E-state index contributed by atoms with van der Waals surface area (Å²) in [4.78, 5) is 32.3. The minimum Gasteiger partial charge on any atom is -0.379 e. The molecule has 5 rings (SSSR count). The summed E-state index contributed by atoms with van der Waals surface area (Å²) in [7, 11) is 0. The summed E-state index contributed by atoms with van der Waals surface area (Å²) < 4.78 is 5.51. The van der Waals surface area contributed by atoms with Gasteiger partial charge in [-0.25, -0.2) is 9.97 Å². The third kappa shape index (κ3) is 4.43. The van der Waals surface area contributed by atoms with E-state index in [2.05, 4.69) is 16.7 Å². The number of anilines is 1. The number of thiophene rings is 1. The maximum Gasteiger partial charge on any atom is 0.242 e. The van der Waals surface area contributed by atoms with Crippen LogP contribution >= 0.6 is 11.3 Å². The quantitative estimate of drug-likeness (QED) is 0.708. The van der Waals surface area contributed by atoms with Gasteiger partial charge in [0.15, 0.2) is 0 Å². The molecular formula is C23H33N5O2S. The van der Waals surface area contributed by atoms with Crippen molar-refractivity contribution in [3.8, 4) is 0 Å². The average molecular weight is 444 g/mol. The number of hydrogen-bond donors (Lipinski definition) is 0. The summed E-state index contributed by atoms with van der Waals surface area (Å²) >= 11 is 1.85. The maximum atomic E-state index is 13.0. The highest BCUT2D eigenvalue weighted by molar-refractivity contribution is 7.19. The molecule has 7 nitrogen and oxygen atoms in total. The van der Waals surface area contributed by atoms with Crippen LogP contribution in [-0.2, 0) is 28.9 Å². The summed E-state index contributed by atoms with van der Waals surface area (Å²) in [5.41, 5.74) is 1.45. The van der Waals surface area contributed by atoms with Crippen LogP contribution in [0.5, 0.6) is 0 Å². The number of hydrogen-bond acceptors (Lipinski definition) is 7. The molecule has 2 saturated heterocycles. The fourth-order valence-electron chi connectivity index (χ4n) is 5.05. The number of carbonyl (C=O) groups excluding carboxylic acids is 1. The van der Waals surface area contributed by atoms with Crippen molar-refractivity contribution in [2.75, 3.05) is 57.4 Å². The Labute approximate surface area is 188 Å². The highest BCUT2D eigenvalue weighted by Crippen LogP contribution is 2.40. The molecule has 0 spiro atoms. The lowest BCUT2D eigenvalue weighted by Gasteiger charge is -2.27. The Bertz CT molecular complexity index is 940. The lowest BCUT2D eigenvalue weighted by molar-refractivity contribution is -0.129. The molecule has 0 N–H and O–H groups in total. The number of rotatable bonds is 5. The summed E-state index contributed by atoms with van der Waals surface area (Å²) in [6.07, 6.45) is 6.75. The molecule has 2 aromatic heterocycles. The van der Waals surface area contributed by atoms with Crippen LogP contribution in [0.25, 0.3) is 10.2 Å². The third-order valence-electron chi connectivity index (χ3n) is 6.64. The van der Waals surface area contributed by atoms with Gasteiger partial charge in [0.05, 0.1) is 31.7 Å². The Morgan fingerprint density at radius 3 is 2.71 bits per heavy atom. The predicted octanol–water partition coefficient (Wildman–Crippen LogP) is 2.85. The minimum absolute atomic E-state index is 0.227. The van der Waals surface area contributed by atoms with Crippen LogP contribution in [0.4, 0.5) is 5.82 Å². The van der Waals surface area contributed by atoms with Gasteiger partial charge in [-0.05, 0) is 44.1 Å².